The minimum absolute atomic E-state index is 0. The number of nitrogens with one attached hydrogen (secondary N) is 2. The lowest BCUT2D eigenvalue weighted by atomic mass is 9.94. The summed E-state index contributed by atoms with van der Waals surface area (Å²) in [5.74, 6) is 1.33. The van der Waals surface area contributed by atoms with Gasteiger partial charge in [-0.15, -0.1) is 12.4 Å². The van der Waals surface area contributed by atoms with Gasteiger partial charge in [0.2, 0.25) is 0 Å². The van der Waals surface area contributed by atoms with Crippen molar-refractivity contribution >= 4 is 24.4 Å². The Labute approximate surface area is 171 Å². The molecule has 2 heterocycles. The minimum Gasteiger partial charge on any atom is -0.490 e. The van der Waals surface area contributed by atoms with Crippen molar-refractivity contribution in [3.63, 3.8) is 0 Å². The van der Waals surface area contributed by atoms with Crippen LogP contribution in [0.25, 0.3) is 6.08 Å². The van der Waals surface area contributed by atoms with E-state index in [0.29, 0.717) is 30.2 Å². The van der Waals surface area contributed by atoms with Gasteiger partial charge in [-0.2, -0.15) is 0 Å². The average molecular weight is 401 g/mol. The third kappa shape index (κ3) is 4.16. The third-order valence-electron chi connectivity index (χ3n) is 4.98. The number of carbonyl (C=O) groups excluding carboxylic acids is 1. The highest BCUT2D eigenvalue weighted by molar-refractivity contribution is 5.99. The Hall–Kier alpha value is -2.50. The molecule has 1 amide bonds. The second-order valence-electron chi connectivity index (χ2n) is 6.73. The first-order valence-electron chi connectivity index (χ1n) is 9.45. The largest absolute Gasteiger partial charge is 0.490 e. The Balaban J connectivity index is 0.00000225. The molecule has 2 N–H and O–H groups in total. The van der Waals surface area contributed by atoms with E-state index in [-0.39, 0.29) is 31.0 Å². The van der Waals surface area contributed by atoms with Crippen molar-refractivity contribution in [2.24, 2.45) is 0 Å². The van der Waals surface area contributed by atoms with E-state index in [1.807, 2.05) is 37.3 Å². The van der Waals surface area contributed by atoms with Gasteiger partial charge in [0.25, 0.3) is 5.91 Å². The van der Waals surface area contributed by atoms with E-state index in [4.69, 9.17) is 9.47 Å². The monoisotopic (exact) mass is 400 g/mol. The number of fused-ring (bicyclic) bond motifs is 2. The summed E-state index contributed by atoms with van der Waals surface area (Å²) in [6.45, 7) is 4.24. The van der Waals surface area contributed by atoms with E-state index in [0.717, 1.165) is 18.5 Å². The molecule has 6 heteroatoms. The fraction of sp³-hybridized carbons (Fsp3) is 0.318. The molecule has 1 atom stereocenters. The average Bonchev–Trinajstić information content (AvgIpc) is 2.72. The summed E-state index contributed by atoms with van der Waals surface area (Å²) < 4.78 is 11.4. The van der Waals surface area contributed by atoms with Gasteiger partial charge in [-0.3, -0.25) is 4.79 Å². The normalized spacial score (nSPS) is 17.2. The molecule has 2 aliphatic rings. The number of hydrogen-bond donors (Lipinski definition) is 2. The first-order valence-corrected chi connectivity index (χ1v) is 9.45. The van der Waals surface area contributed by atoms with Gasteiger partial charge < -0.3 is 20.1 Å². The van der Waals surface area contributed by atoms with Gasteiger partial charge in [-0.1, -0.05) is 36.4 Å². The summed E-state index contributed by atoms with van der Waals surface area (Å²) in [6.07, 6.45) is 2.91. The Kier molecular flexibility index (Phi) is 6.60. The van der Waals surface area contributed by atoms with Crippen LogP contribution in [0.1, 0.15) is 29.7 Å². The first kappa shape index (κ1) is 20.2. The van der Waals surface area contributed by atoms with Crippen LogP contribution in [0.15, 0.2) is 48.0 Å². The Morgan fingerprint density at radius 3 is 2.96 bits per heavy atom. The number of amides is 1. The maximum atomic E-state index is 12.7. The third-order valence-corrected chi connectivity index (χ3v) is 4.98. The van der Waals surface area contributed by atoms with Crippen LogP contribution in [0.4, 0.5) is 0 Å². The number of para-hydroxylation sites is 1. The van der Waals surface area contributed by atoms with E-state index in [9.17, 15) is 4.79 Å². The predicted molar refractivity (Wildman–Crippen MR) is 112 cm³/mol. The zero-order chi connectivity index (χ0) is 18.6. The molecule has 0 bridgehead atoms. The molecule has 2 aliphatic heterocycles. The van der Waals surface area contributed by atoms with Gasteiger partial charge in [0.1, 0.15) is 6.61 Å². The summed E-state index contributed by atoms with van der Waals surface area (Å²) in [4.78, 5) is 12.7. The zero-order valence-corrected chi connectivity index (χ0v) is 16.7. The van der Waals surface area contributed by atoms with Crippen molar-refractivity contribution in [3.8, 4) is 11.5 Å². The van der Waals surface area contributed by atoms with Crippen LogP contribution in [-0.2, 0) is 11.2 Å². The van der Waals surface area contributed by atoms with Gasteiger partial charge >= 0.3 is 0 Å². The van der Waals surface area contributed by atoms with Gasteiger partial charge in [-0.25, -0.2) is 0 Å². The van der Waals surface area contributed by atoms with E-state index in [1.165, 1.54) is 11.1 Å². The highest BCUT2D eigenvalue weighted by Crippen LogP contribution is 2.35. The lowest BCUT2D eigenvalue weighted by molar-refractivity contribution is -0.117. The molecule has 5 nitrogen and oxygen atoms in total. The first-order chi connectivity index (χ1) is 13.3. The molecular formula is C22H25ClN2O3. The van der Waals surface area contributed by atoms with E-state index < -0.39 is 0 Å². The molecule has 4 rings (SSSR count). The molecule has 2 aromatic rings. The van der Waals surface area contributed by atoms with Gasteiger partial charge in [0, 0.05) is 18.2 Å². The molecule has 2 aromatic carbocycles. The topological polar surface area (TPSA) is 59.6 Å². The molecule has 0 saturated heterocycles. The molecule has 1 unspecified atom stereocenters. The second-order valence-corrected chi connectivity index (χ2v) is 6.73. The van der Waals surface area contributed by atoms with Gasteiger partial charge in [0.05, 0.1) is 12.2 Å². The van der Waals surface area contributed by atoms with Crippen molar-refractivity contribution < 1.29 is 14.3 Å². The number of rotatable bonds is 5. The molecule has 148 valence electrons. The lowest BCUT2D eigenvalue weighted by Gasteiger charge is -2.27. The van der Waals surface area contributed by atoms with Crippen LogP contribution in [-0.4, -0.2) is 32.2 Å². The lowest BCUT2D eigenvalue weighted by Crippen LogP contribution is -2.39. The van der Waals surface area contributed by atoms with Crippen LogP contribution in [0, 0.1) is 0 Å². The van der Waals surface area contributed by atoms with Crippen LogP contribution in [0.5, 0.6) is 11.5 Å². The standard InChI is InChI=1S/C22H24N2O3.ClH/c1-2-26-20-9-5-7-16-12-17(14-27-21(16)20)22(25)24-13-19-18-8-4-3-6-15(18)10-11-23-19;/h3-9,12,19,23H,2,10-11,13-14H2,1H3,(H,24,25);1H. The van der Waals surface area contributed by atoms with Crippen LogP contribution < -0.4 is 20.1 Å². The minimum atomic E-state index is -0.0904. The maximum absolute atomic E-state index is 12.7. The molecule has 28 heavy (non-hydrogen) atoms. The molecule has 0 saturated carbocycles. The summed E-state index contributed by atoms with van der Waals surface area (Å²) >= 11 is 0. The summed E-state index contributed by atoms with van der Waals surface area (Å²) in [5, 5.41) is 6.54. The molecule has 0 spiro atoms. The number of ether oxygens (including phenoxy) is 2. The van der Waals surface area contributed by atoms with E-state index in [2.05, 4.69) is 28.8 Å². The van der Waals surface area contributed by atoms with Crippen molar-refractivity contribution in [3.05, 3.63) is 64.7 Å². The number of halogens is 1. The predicted octanol–water partition coefficient (Wildman–Crippen LogP) is 3.29. The molecular weight excluding hydrogens is 376 g/mol. The molecule has 0 fully saturated rings. The van der Waals surface area contributed by atoms with Gasteiger partial charge in [-0.05, 0) is 43.2 Å². The second kappa shape index (κ2) is 9.13. The fourth-order valence-corrected chi connectivity index (χ4v) is 3.66. The smallest absolute Gasteiger partial charge is 0.250 e. The number of carbonyl (C=O) groups is 1. The Morgan fingerprint density at radius 1 is 1.25 bits per heavy atom. The number of hydrogen-bond acceptors (Lipinski definition) is 4. The fourth-order valence-electron chi connectivity index (χ4n) is 3.66. The molecule has 0 aromatic heterocycles. The van der Waals surface area contributed by atoms with Gasteiger partial charge in [0.15, 0.2) is 11.5 Å². The van der Waals surface area contributed by atoms with Crippen LogP contribution in [0.3, 0.4) is 0 Å². The maximum Gasteiger partial charge on any atom is 0.250 e. The number of benzene rings is 2. The van der Waals surface area contributed by atoms with Crippen molar-refractivity contribution in [1.82, 2.24) is 10.6 Å². The molecule has 0 radical (unpaired) electrons. The van der Waals surface area contributed by atoms with Crippen molar-refractivity contribution in [1.29, 1.82) is 0 Å². The Bertz CT molecular complexity index is 882. The van der Waals surface area contributed by atoms with Crippen molar-refractivity contribution in [2.75, 3.05) is 26.3 Å². The highest BCUT2D eigenvalue weighted by Gasteiger charge is 2.23. The van der Waals surface area contributed by atoms with Crippen LogP contribution >= 0.6 is 12.4 Å². The summed E-state index contributed by atoms with van der Waals surface area (Å²) in [5.41, 5.74) is 4.12. The van der Waals surface area contributed by atoms with E-state index in [1.54, 1.807) is 0 Å². The van der Waals surface area contributed by atoms with E-state index >= 15 is 0 Å². The zero-order valence-electron chi connectivity index (χ0n) is 15.9. The molecule has 0 aliphatic carbocycles. The summed E-state index contributed by atoms with van der Waals surface area (Å²) in [6, 6.07) is 14.3. The Morgan fingerprint density at radius 2 is 2.11 bits per heavy atom. The SMILES string of the molecule is CCOc1cccc2c1OCC(C(=O)NCC1NCCc3ccccc31)=C2.Cl. The van der Waals surface area contributed by atoms with Crippen molar-refractivity contribution in [2.45, 2.75) is 19.4 Å². The quantitative estimate of drug-likeness (QED) is 0.808. The summed E-state index contributed by atoms with van der Waals surface area (Å²) in [7, 11) is 0. The highest BCUT2D eigenvalue weighted by atomic mass is 35.5. The van der Waals surface area contributed by atoms with Crippen LogP contribution in [0.2, 0.25) is 0 Å².